The van der Waals surface area contributed by atoms with Gasteiger partial charge in [0.2, 0.25) is 0 Å². The fourth-order valence-corrected chi connectivity index (χ4v) is 1.94. The van der Waals surface area contributed by atoms with Crippen molar-refractivity contribution in [3.63, 3.8) is 0 Å². The molecule has 1 aromatic carbocycles. The molecule has 1 fully saturated rings. The fourth-order valence-electron chi connectivity index (χ4n) is 1.94. The number of hydrogen-bond donors (Lipinski definition) is 4. The molecule has 1 heterocycles. The summed E-state index contributed by atoms with van der Waals surface area (Å²) in [5.41, 5.74) is 0.144. The summed E-state index contributed by atoms with van der Waals surface area (Å²) in [6, 6.07) is 7.80. The number of rotatable bonds is 2. The second kappa shape index (κ2) is 5.47. The fraction of sp³-hybridized carbons (Fsp3) is 0.462. The Balaban J connectivity index is 2.16. The van der Waals surface area contributed by atoms with Crippen molar-refractivity contribution in [1.82, 2.24) is 0 Å². The molecule has 7 nitrogen and oxygen atoms in total. The van der Waals surface area contributed by atoms with E-state index in [0.29, 0.717) is 0 Å². The van der Waals surface area contributed by atoms with Crippen molar-refractivity contribution in [2.24, 2.45) is 0 Å². The molecule has 0 saturated carbocycles. The van der Waals surface area contributed by atoms with Gasteiger partial charge in [-0.2, -0.15) is 0 Å². The van der Waals surface area contributed by atoms with Gasteiger partial charge in [0.25, 0.3) is 0 Å². The summed E-state index contributed by atoms with van der Waals surface area (Å²) in [7, 11) is 0. The number of aliphatic hydroxyl groups is 4. The first-order valence-corrected chi connectivity index (χ1v) is 6.08. The molecule has 7 heteroatoms. The minimum absolute atomic E-state index is 0.144. The minimum Gasteiger partial charge on any atom is -0.402 e. The van der Waals surface area contributed by atoms with Gasteiger partial charge in [0.05, 0.1) is 11.7 Å². The molecule has 0 spiro atoms. The lowest BCUT2D eigenvalue weighted by molar-refractivity contribution is -0.426. The number of carbonyl (C=O) groups is 1. The van der Waals surface area contributed by atoms with E-state index in [4.69, 9.17) is 9.47 Å². The predicted molar refractivity (Wildman–Crippen MR) is 65.4 cm³/mol. The minimum atomic E-state index is -2.72. The van der Waals surface area contributed by atoms with Crippen LogP contribution in [0.5, 0.6) is 0 Å². The van der Waals surface area contributed by atoms with Gasteiger partial charge in [-0.1, -0.05) is 18.2 Å². The maximum atomic E-state index is 11.8. The zero-order chi connectivity index (χ0) is 14.9. The summed E-state index contributed by atoms with van der Waals surface area (Å²) in [6.45, 7) is 1.36. The van der Waals surface area contributed by atoms with E-state index in [1.165, 1.54) is 19.1 Å². The Morgan fingerprint density at radius 2 is 1.80 bits per heavy atom. The van der Waals surface area contributed by atoms with Gasteiger partial charge in [0.1, 0.15) is 12.2 Å². The average Bonchev–Trinajstić information content (AvgIpc) is 2.44. The Labute approximate surface area is 115 Å². The molecule has 1 aromatic rings. The van der Waals surface area contributed by atoms with Gasteiger partial charge in [-0.15, -0.1) is 0 Å². The van der Waals surface area contributed by atoms with E-state index in [1.807, 2.05) is 0 Å². The summed E-state index contributed by atoms with van der Waals surface area (Å²) in [5.74, 6) is -3.65. The number of aliphatic hydroxyl groups excluding tert-OH is 3. The first kappa shape index (κ1) is 14.9. The first-order chi connectivity index (χ1) is 9.35. The highest BCUT2D eigenvalue weighted by Crippen LogP contribution is 2.29. The molecule has 0 unspecified atom stereocenters. The summed E-state index contributed by atoms with van der Waals surface area (Å²) >= 11 is 0. The van der Waals surface area contributed by atoms with Crippen molar-refractivity contribution in [2.45, 2.75) is 37.3 Å². The number of hydrogen-bond acceptors (Lipinski definition) is 7. The molecule has 0 aliphatic carbocycles. The number of benzene rings is 1. The van der Waals surface area contributed by atoms with Crippen LogP contribution in [0.3, 0.4) is 0 Å². The molecule has 0 radical (unpaired) electrons. The number of esters is 1. The van der Waals surface area contributed by atoms with Crippen LogP contribution >= 0.6 is 0 Å². The van der Waals surface area contributed by atoms with E-state index < -0.39 is 36.4 Å². The van der Waals surface area contributed by atoms with Gasteiger partial charge in [-0.25, -0.2) is 4.79 Å². The molecule has 5 atom stereocenters. The van der Waals surface area contributed by atoms with Gasteiger partial charge >= 0.3 is 11.9 Å². The van der Waals surface area contributed by atoms with Crippen molar-refractivity contribution < 1.29 is 34.7 Å². The van der Waals surface area contributed by atoms with Crippen LogP contribution in [0.2, 0.25) is 0 Å². The first-order valence-electron chi connectivity index (χ1n) is 6.08. The summed E-state index contributed by atoms with van der Waals surface area (Å²) in [6.07, 6.45) is -6.11. The normalized spacial score (nSPS) is 37.5. The molecule has 1 saturated heterocycles. The third kappa shape index (κ3) is 2.67. The van der Waals surface area contributed by atoms with Crippen molar-refractivity contribution in [1.29, 1.82) is 0 Å². The third-order valence-electron chi connectivity index (χ3n) is 3.13. The molecule has 0 amide bonds. The number of carbonyl (C=O) groups excluding carboxylic acids is 1. The quantitative estimate of drug-likeness (QED) is 0.406. The molecule has 20 heavy (non-hydrogen) atoms. The van der Waals surface area contributed by atoms with Crippen LogP contribution in [-0.2, 0) is 9.47 Å². The van der Waals surface area contributed by atoms with Gasteiger partial charge in [0.15, 0.2) is 6.10 Å². The molecule has 0 bridgehead atoms. The number of ether oxygens (including phenoxy) is 2. The van der Waals surface area contributed by atoms with Crippen molar-refractivity contribution in [3.8, 4) is 0 Å². The third-order valence-corrected chi connectivity index (χ3v) is 3.13. The molecule has 0 aromatic heterocycles. The van der Waals surface area contributed by atoms with Gasteiger partial charge in [-0.05, 0) is 19.1 Å². The maximum absolute atomic E-state index is 11.8. The largest absolute Gasteiger partial charge is 0.402 e. The molecular formula is C13H16O7. The van der Waals surface area contributed by atoms with Gasteiger partial charge < -0.3 is 29.9 Å². The van der Waals surface area contributed by atoms with E-state index >= 15 is 0 Å². The van der Waals surface area contributed by atoms with E-state index in [-0.39, 0.29) is 5.56 Å². The maximum Gasteiger partial charge on any atom is 0.357 e. The Morgan fingerprint density at radius 1 is 1.20 bits per heavy atom. The molecular weight excluding hydrogens is 268 g/mol. The van der Waals surface area contributed by atoms with E-state index in [0.717, 1.165) is 0 Å². The Kier molecular flexibility index (Phi) is 4.07. The molecule has 4 N–H and O–H groups in total. The highest BCUT2D eigenvalue weighted by Gasteiger charge is 2.54. The average molecular weight is 284 g/mol. The zero-order valence-electron chi connectivity index (χ0n) is 10.7. The van der Waals surface area contributed by atoms with Crippen LogP contribution < -0.4 is 0 Å². The second-order valence-electron chi connectivity index (χ2n) is 4.64. The van der Waals surface area contributed by atoms with Gasteiger partial charge in [-0.3, -0.25) is 0 Å². The SMILES string of the molecule is C[C@@H]1O[C@@](O)(OC(=O)c2ccccc2)[C@H](O)[C@H](O)[C@H]1O. The smallest absolute Gasteiger partial charge is 0.357 e. The predicted octanol–water partition coefficient (Wildman–Crippen LogP) is -1.01. The topological polar surface area (TPSA) is 116 Å². The molecule has 110 valence electrons. The highest BCUT2D eigenvalue weighted by atomic mass is 16.8. The van der Waals surface area contributed by atoms with Crippen LogP contribution in [-0.4, -0.2) is 56.8 Å². The summed E-state index contributed by atoms with van der Waals surface area (Å²) in [5, 5.41) is 38.9. The summed E-state index contributed by atoms with van der Waals surface area (Å²) < 4.78 is 9.65. The summed E-state index contributed by atoms with van der Waals surface area (Å²) in [4.78, 5) is 11.8. The highest BCUT2D eigenvalue weighted by molar-refractivity contribution is 5.89. The van der Waals surface area contributed by atoms with Crippen LogP contribution in [0.25, 0.3) is 0 Å². The van der Waals surface area contributed by atoms with Crippen LogP contribution in [0, 0.1) is 0 Å². The monoisotopic (exact) mass is 284 g/mol. The standard InChI is InChI=1S/C13H16O7/c1-7-9(14)10(15)11(16)13(18,19-7)20-12(17)8-5-3-2-4-6-8/h2-7,9-11,14-16,18H,1H3/t7-,9-,10+,11+,13+/m0/s1. The van der Waals surface area contributed by atoms with Gasteiger partial charge in [0, 0.05) is 0 Å². The lowest BCUT2D eigenvalue weighted by Gasteiger charge is -2.43. The van der Waals surface area contributed by atoms with E-state index in [2.05, 4.69) is 0 Å². The lowest BCUT2D eigenvalue weighted by atomic mass is 9.98. The Bertz CT molecular complexity index is 477. The van der Waals surface area contributed by atoms with Crippen molar-refractivity contribution in [3.05, 3.63) is 35.9 Å². The van der Waals surface area contributed by atoms with E-state index in [9.17, 15) is 25.2 Å². The molecule has 2 rings (SSSR count). The van der Waals surface area contributed by atoms with Crippen LogP contribution in [0.4, 0.5) is 0 Å². The molecule has 1 aliphatic heterocycles. The van der Waals surface area contributed by atoms with Crippen LogP contribution in [0.1, 0.15) is 17.3 Å². The Morgan fingerprint density at radius 3 is 2.40 bits per heavy atom. The van der Waals surface area contributed by atoms with Crippen LogP contribution in [0.15, 0.2) is 30.3 Å². The zero-order valence-corrected chi connectivity index (χ0v) is 10.7. The van der Waals surface area contributed by atoms with Crippen molar-refractivity contribution in [2.75, 3.05) is 0 Å². The van der Waals surface area contributed by atoms with E-state index in [1.54, 1.807) is 18.2 Å². The second-order valence-corrected chi connectivity index (χ2v) is 4.64. The Hall–Kier alpha value is -1.51. The molecule has 1 aliphatic rings. The lowest BCUT2D eigenvalue weighted by Crippen LogP contribution is -2.65. The van der Waals surface area contributed by atoms with Crippen molar-refractivity contribution >= 4 is 5.97 Å².